The monoisotopic (exact) mass is 328 g/mol. The second-order valence-electron chi connectivity index (χ2n) is 4.89. The number of H-pyrrole nitrogens is 1. The minimum atomic E-state index is -1.66. The molecule has 0 saturated heterocycles. The zero-order chi connectivity index (χ0) is 17.1. The molecule has 126 valence electrons. The number of aliphatic hydroxyl groups is 5. The molecule has 2 aliphatic rings. The Morgan fingerprint density at radius 1 is 1.13 bits per heavy atom. The van der Waals surface area contributed by atoms with Crippen molar-refractivity contribution in [1.82, 2.24) is 19.5 Å². The molecule has 11 nitrogen and oxygen atoms in total. The van der Waals surface area contributed by atoms with Crippen LogP contribution in [0.4, 0.5) is 0 Å². The van der Waals surface area contributed by atoms with Gasteiger partial charge in [0, 0.05) is 6.20 Å². The second kappa shape index (κ2) is 6.93. The Morgan fingerprint density at radius 2 is 1.83 bits per heavy atom. The fourth-order valence-electron chi connectivity index (χ4n) is 2.04. The number of aliphatic hydroxyl groups excluding tert-OH is 5. The van der Waals surface area contributed by atoms with E-state index in [9.17, 15) is 30.0 Å². The summed E-state index contributed by atoms with van der Waals surface area (Å²) >= 11 is 0. The van der Waals surface area contributed by atoms with E-state index < -0.39 is 42.8 Å². The molecule has 11 heteroatoms. The van der Waals surface area contributed by atoms with Crippen molar-refractivity contribution in [2.75, 3.05) is 6.61 Å². The summed E-state index contributed by atoms with van der Waals surface area (Å²) < 4.78 is 1.16. The highest BCUT2D eigenvalue weighted by Gasteiger charge is 2.26. The zero-order valence-corrected chi connectivity index (χ0v) is 11.8. The van der Waals surface area contributed by atoms with Crippen molar-refractivity contribution in [3.63, 3.8) is 0 Å². The Kier molecular flexibility index (Phi) is 5.18. The van der Waals surface area contributed by atoms with Gasteiger partial charge in [0.1, 0.15) is 18.3 Å². The first kappa shape index (κ1) is 17.2. The van der Waals surface area contributed by atoms with Crippen LogP contribution in [0.5, 0.6) is 0 Å². The van der Waals surface area contributed by atoms with Gasteiger partial charge in [0.25, 0.3) is 5.56 Å². The summed E-state index contributed by atoms with van der Waals surface area (Å²) in [6, 6.07) is 0. The lowest BCUT2D eigenvalue weighted by atomic mass is 10.1. The van der Waals surface area contributed by atoms with Gasteiger partial charge >= 0.3 is 5.69 Å². The minimum Gasteiger partial charge on any atom is -0.394 e. The van der Waals surface area contributed by atoms with E-state index in [-0.39, 0.29) is 23.8 Å². The Hall–Kier alpha value is -2.18. The first-order chi connectivity index (χ1) is 10.9. The highest BCUT2D eigenvalue weighted by atomic mass is 16.4. The van der Waals surface area contributed by atoms with Crippen LogP contribution in [0, 0.1) is 0 Å². The van der Waals surface area contributed by atoms with Gasteiger partial charge < -0.3 is 30.1 Å². The van der Waals surface area contributed by atoms with Crippen LogP contribution in [0.3, 0.4) is 0 Å². The number of aromatic amines is 1. The average molecular weight is 328 g/mol. The third-order valence-corrected chi connectivity index (χ3v) is 3.21. The summed E-state index contributed by atoms with van der Waals surface area (Å²) in [7, 11) is 0. The van der Waals surface area contributed by atoms with E-state index in [2.05, 4.69) is 9.97 Å². The predicted octanol–water partition coefficient (Wildman–Crippen LogP) is -4.00. The van der Waals surface area contributed by atoms with Crippen LogP contribution in [-0.4, -0.2) is 70.0 Å². The van der Waals surface area contributed by atoms with Crippen LogP contribution in [0.1, 0.15) is 5.69 Å². The maximum Gasteiger partial charge on any atom is 0.349 e. The summed E-state index contributed by atoms with van der Waals surface area (Å²) in [6.07, 6.45) is -3.52. The number of hydrogen-bond acceptors (Lipinski definition) is 9. The number of rotatable bonds is 6. The fourth-order valence-corrected chi connectivity index (χ4v) is 2.04. The molecule has 0 saturated carbocycles. The van der Waals surface area contributed by atoms with Gasteiger partial charge in [-0.1, -0.05) is 0 Å². The van der Waals surface area contributed by atoms with Crippen molar-refractivity contribution in [2.45, 2.75) is 31.5 Å². The van der Waals surface area contributed by atoms with Crippen molar-refractivity contribution < 1.29 is 25.5 Å². The van der Waals surface area contributed by atoms with Gasteiger partial charge in [0.2, 0.25) is 0 Å². The molecule has 0 aromatic heterocycles. The molecule has 0 spiro atoms. The van der Waals surface area contributed by atoms with E-state index in [1.165, 1.54) is 6.20 Å². The van der Waals surface area contributed by atoms with Crippen molar-refractivity contribution in [2.24, 2.45) is 0 Å². The Bertz CT molecular complexity index is 758. The summed E-state index contributed by atoms with van der Waals surface area (Å²) in [5.41, 5.74) is -1.87. The van der Waals surface area contributed by atoms with Crippen LogP contribution < -0.4 is 11.2 Å². The number of aromatic nitrogens is 4. The molecule has 2 heterocycles. The van der Waals surface area contributed by atoms with Gasteiger partial charge in [0.05, 0.1) is 25.5 Å². The van der Waals surface area contributed by atoms with Crippen LogP contribution in [0.2, 0.25) is 0 Å². The lowest BCUT2D eigenvalue weighted by Crippen LogP contribution is -2.42. The third kappa shape index (κ3) is 3.60. The molecule has 0 aromatic rings. The maximum atomic E-state index is 11.8. The van der Waals surface area contributed by atoms with Gasteiger partial charge in [-0.15, -0.1) is 0 Å². The summed E-state index contributed by atoms with van der Waals surface area (Å²) in [5.74, 6) is -0.152. The van der Waals surface area contributed by atoms with Crippen LogP contribution in [-0.2, 0) is 13.2 Å². The molecular weight excluding hydrogens is 312 g/mol. The summed E-state index contributed by atoms with van der Waals surface area (Å²) in [6.45, 7) is -1.63. The lowest BCUT2D eigenvalue weighted by Gasteiger charge is -2.23. The smallest absolute Gasteiger partial charge is 0.349 e. The first-order valence-electron chi connectivity index (χ1n) is 6.63. The third-order valence-electron chi connectivity index (χ3n) is 3.21. The molecule has 3 atom stereocenters. The van der Waals surface area contributed by atoms with Gasteiger partial charge in [-0.3, -0.25) is 9.78 Å². The van der Waals surface area contributed by atoms with Crippen LogP contribution in [0.25, 0.3) is 11.5 Å². The highest BCUT2D eigenvalue weighted by Crippen LogP contribution is 2.14. The van der Waals surface area contributed by atoms with Crippen LogP contribution in [0.15, 0.2) is 15.8 Å². The summed E-state index contributed by atoms with van der Waals surface area (Å²) in [4.78, 5) is 32.5. The van der Waals surface area contributed by atoms with E-state index in [4.69, 9.17) is 5.11 Å². The quantitative estimate of drug-likeness (QED) is 0.308. The van der Waals surface area contributed by atoms with E-state index in [1.54, 1.807) is 0 Å². The van der Waals surface area contributed by atoms with Crippen molar-refractivity contribution in [1.29, 1.82) is 0 Å². The molecule has 0 aliphatic carbocycles. The number of hydrogen-bond donors (Lipinski definition) is 6. The maximum absolute atomic E-state index is 11.8. The Morgan fingerprint density at radius 3 is 2.43 bits per heavy atom. The van der Waals surface area contributed by atoms with Gasteiger partial charge in [0.15, 0.2) is 11.5 Å². The van der Waals surface area contributed by atoms with Gasteiger partial charge in [-0.25, -0.2) is 9.78 Å². The molecule has 0 unspecified atom stereocenters. The van der Waals surface area contributed by atoms with Crippen molar-refractivity contribution >= 4 is 0 Å². The second-order valence-corrected chi connectivity index (χ2v) is 4.89. The van der Waals surface area contributed by atoms with E-state index >= 15 is 0 Å². The van der Waals surface area contributed by atoms with E-state index in [1.807, 2.05) is 4.98 Å². The highest BCUT2D eigenvalue weighted by molar-refractivity contribution is 5.49. The number of nitrogens with zero attached hydrogens (tertiary/aromatic N) is 3. The van der Waals surface area contributed by atoms with E-state index in [0.717, 1.165) is 4.57 Å². The molecule has 0 fully saturated rings. The predicted molar refractivity (Wildman–Crippen MR) is 74.6 cm³/mol. The SMILES string of the molecule is O=c1nc2n(C[C@H](O)[C@H](O)[C@H](O)CO)cc(CO)nc-2c(=O)[nH]1. The van der Waals surface area contributed by atoms with Gasteiger partial charge in [-0.05, 0) is 0 Å². The molecule has 2 rings (SSSR count). The molecular formula is C12H16N4O7. The molecule has 2 aliphatic heterocycles. The largest absolute Gasteiger partial charge is 0.394 e. The molecule has 23 heavy (non-hydrogen) atoms. The van der Waals surface area contributed by atoms with Crippen molar-refractivity contribution in [3.05, 3.63) is 32.7 Å². The standard InChI is InChI=1S/C12H16N4O7/c17-3-5-1-16(2-6(19)9(21)7(20)4-18)10-8(13-5)11(22)15-12(23)14-10/h1,6-7,9,17-21H,2-4H2,(H,15,22,23)/t6-,7+,9-/m0/s1. The summed E-state index contributed by atoms with van der Waals surface area (Å²) in [5, 5.41) is 46.9. The Labute approximate surface area is 128 Å². The topological polar surface area (TPSA) is 182 Å². The molecule has 6 N–H and O–H groups in total. The fraction of sp³-hybridized carbons (Fsp3) is 0.500. The molecule has 0 aromatic carbocycles. The molecule has 0 bridgehead atoms. The average Bonchev–Trinajstić information content (AvgIpc) is 2.53. The minimum absolute atomic E-state index is 0.0767. The number of fused-ring (bicyclic) bond motifs is 1. The van der Waals surface area contributed by atoms with E-state index in [0.29, 0.717) is 0 Å². The first-order valence-corrected chi connectivity index (χ1v) is 6.63. The lowest BCUT2D eigenvalue weighted by molar-refractivity contribution is -0.0806. The molecule has 0 amide bonds. The van der Waals surface area contributed by atoms with Gasteiger partial charge in [-0.2, -0.15) is 4.98 Å². The molecule has 0 radical (unpaired) electrons. The number of nitrogens with one attached hydrogen (secondary N) is 1. The Balaban J connectivity index is 2.47. The van der Waals surface area contributed by atoms with Crippen molar-refractivity contribution in [3.8, 4) is 11.5 Å². The zero-order valence-electron chi connectivity index (χ0n) is 11.8. The van der Waals surface area contributed by atoms with Crippen LogP contribution >= 0.6 is 0 Å². The normalized spacial score (nSPS) is 15.5.